The third-order valence-corrected chi connectivity index (χ3v) is 11.2. The first-order chi connectivity index (χ1) is 22.8. The molecule has 0 unspecified atom stereocenters. The number of terminal acetylenes is 1. The molecule has 4 heterocycles. The second kappa shape index (κ2) is 15.0. The van der Waals surface area contributed by atoms with E-state index in [0.717, 1.165) is 68.2 Å². The first-order valence-corrected chi connectivity index (χ1v) is 17.7. The first-order valence-electron chi connectivity index (χ1n) is 17.3. The molecule has 47 heavy (non-hydrogen) atoms. The third kappa shape index (κ3) is 7.71. The molecule has 0 saturated carbocycles. The average molecular weight is 659 g/mol. The summed E-state index contributed by atoms with van der Waals surface area (Å²) in [5, 5.41) is 6.88. The molecule has 9 nitrogen and oxygen atoms in total. The number of hydrogen-bond donors (Lipinski definition) is 3. The molecule has 4 aliphatic heterocycles. The van der Waals surface area contributed by atoms with Crippen LogP contribution in [-0.2, 0) is 22.4 Å². The van der Waals surface area contributed by atoms with Crippen molar-refractivity contribution in [3.8, 4) is 12.3 Å². The van der Waals surface area contributed by atoms with Crippen LogP contribution in [0, 0.1) is 30.1 Å². The second-order valence-electron chi connectivity index (χ2n) is 13.7. The molecule has 3 saturated heterocycles. The van der Waals surface area contributed by atoms with Gasteiger partial charge in [0.2, 0.25) is 11.8 Å². The summed E-state index contributed by atoms with van der Waals surface area (Å²) in [6.07, 6.45) is 12.8. The molecule has 250 valence electrons. The van der Waals surface area contributed by atoms with E-state index in [2.05, 4.69) is 22.6 Å². The highest BCUT2D eigenvalue weighted by Crippen LogP contribution is 2.33. The van der Waals surface area contributed by atoms with Crippen molar-refractivity contribution < 1.29 is 14.4 Å². The predicted molar refractivity (Wildman–Crippen MR) is 186 cm³/mol. The number of nitrogens with two attached hydrogens (primary N) is 1. The van der Waals surface area contributed by atoms with E-state index >= 15 is 0 Å². The Kier molecular flexibility index (Phi) is 10.6. The van der Waals surface area contributed by atoms with Crippen molar-refractivity contribution >= 4 is 40.8 Å². The fourth-order valence-corrected chi connectivity index (χ4v) is 8.35. The fourth-order valence-electron chi connectivity index (χ4n) is 8.11. The maximum atomic E-state index is 14.1. The predicted octanol–water partition coefficient (Wildman–Crippen LogP) is 4.77. The molecule has 0 aromatic heterocycles. The van der Waals surface area contributed by atoms with Gasteiger partial charge in [0.15, 0.2) is 0 Å². The minimum absolute atomic E-state index is 0.0213. The van der Waals surface area contributed by atoms with Crippen molar-refractivity contribution in [2.45, 2.75) is 63.8 Å². The van der Waals surface area contributed by atoms with Gasteiger partial charge in [-0.3, -0.25) is 9.59 Å². The number of nitrogens with zero attached hydrogens (tertiary/aromatic N) is 3. The lowest BCUT2D eigenvalue weighted by Gasteiger charge is -2.40. The lowest BCUT2D eigenvalue weighted by molar-refractivity contribution is -0.143. The molecular weight excluding hydrogens is 612 g/mol. The number of anilines is 2. The Hall–Kier alpha value is -3.74. The van der Waals surface area contributed by atoms with Crippen LogP contribution < -0.4 is 16.4 Å². The highest BCUT2D eigenvalue weighted by atomic mass is 35.5. The SMILES string of the molecule is C#Cc1cc(C[C@@H](CC(=O)N2CCC(N3CCc4ccccc4NC3=O)CC2)C(=O)N2CCC(C3CCNCC3)CC2)cc(Cl)c1N. The van der Waals surface area contributed by atoms with Crippen molar-refractivity contribution in [1.82, 2.24) is 20.0 Å². The van der Waals surface area contributed by atoms with Crippen LogP contribution in [0.5, 0.6) is 0 Å². The first kappa shape index (κ1) is 33.2. The molecule has 2 aromatic carbocycles. The van der Waals surface area contributed by atoms with Gasteiger partial charge in [0.05, 0.1) is 16.6 Å². The van der Waals surface area contributed by atoms with Gasteiger partial charge in [0, 0.05) is 56.4 Å². The molecule has 0 bridgehead atoms. The second-order valence-corrected chi connectivity index (χ2v) is 14.1. The zero-order valence-corrected chi connectivity index (χ0v) is 27.9. The molecule has 0 spiro atoms. The molecular formula is C37H47ClN6O3. The number of hydrogen-bond acceptors (Lipinski definition) is 5. The van der Waals surface area contributed by atoms with E-state index in [0.29, 0.717) is 61.1 Å². The summed E-state index contributed by atoms with van der Waals surface area (Å²) in [5.74, 6) is 3.43. The van der Waals surface area contributed by atoms with E-state index in [1.54, 1.807) is 6.07 Å². The van der Waals surface area contributed by atoms with Gasteiger partial charge in [0.1, 0.15) is 0 Å². The van der Waals surface area contributed by atoms with Crippen LogP contribution in [0.25, 0.3) is 0 Å². The Bertz CT molecular complexity index is 1500. The number of nitrogen functional groups attached to an aromatic ring is 1. The maximum Gasteiger partial charge on any atom is 0.322 e. The number of nitrogens with one attached hydrogen (secondary N) is 2. The van der Waals surface area contributed by atoms with Gasteiger partial charge < -0.3 is 31.1 Å². The standard InChI is InChI=1S/C37H47ClN6O3/c1-2-26-21-25(23-32(38)35(26)39)22-30(36(46)43-16-9-28(10-17-43)27-7-14-40-15-8-27)24-34(45)42-18-12-31(13-19-42)44-20-11-29-5-3-4-6-33(29)41-37(44)47/h1,3-6,21,23,27-28,30-31,40H,7-20,22,24,39H2,(H,41,47)/t30-/m0/s1. The van der Waals surface area contributed by atoms with Gasteiger partial charge >= 0.3 is 6.03 Å². The Labute approximate surface area is 283 Å². The number of piperidine rings is 3. The van der Waals surface area contributed by atoms with Crippen molar-refractivity contribution in [1.29, 1.82) is 0 Å². The third-order valence-electron chi connectivity index (χ3n) is 10.9. The van der Waals surface area contributed by atoms with E-state index in [9.17, 15) is 14.4 Å². The number of para-hydroxylation sites is 1. The topological polar surface area (TPSA) is 111 Å². The number of amides is 4. The number of halogens is 1. The Morgan fingerprint density at radius 2 is 1.64 bits per heavy atom. The molecule has 10 heteroatoms. The number of carbonyl (C=O) groups is 3. The van der Waals surface area contributed by atoms with Crippen LogP contribution >= 0.6 is 11.6 Å². The molecule has 0 radical (unpaired) electrons. The normalized spacial score (nSPS) is 20.6. The van der Waals surface area contributed by atoms with Gasteiger partial charge in [-0.05, 0) is 106 Å². The van der Waals surface area contributed by atoms with Crippen LogP contribution in [0.4, 0.5) is 16.2 Å². The average Bonchev–Trinajstić information content (AvgIpc) is 3.27. The monoisotopic (exact) mass is 658 g/mol. The molecule has 2 aromatic rings. The fraction of sp³-hybridized carbons (Fsp3) is 0.541. The summed E-state index contributed by atoms with van der Waals surface area (Å²) >= 11 is 6.42. The van der Waals surface area contributed by atoms with Crippen LogP contribution in [0.3, 0.4) is 0 Å². The van der Waals surface area contributed by atoms with Gasteiger partial charge in [0.25, 0.3) is 0 Å². The smallest absolute Gasteiger partial charge is 0.322 e. The summed E-state index contributed by atoms with van der Waals surface area (Å²) in [5.41, 5.74) is 9.74. The zero-order valence-electron chi connectivity index (χ0n) is 27.2. The summed E-state index contributed by atoms with van der Waals surface area (Å²) in [7, 11) is 0. The number of urea groups is 1. The molecule has 4 aliphatic rings. The van der Waals surface area contributed by atoms with Crippen molar-refractivity contribution in [3.05, 3.63) is 58.1 Å². The Morgan fingerprint density at radius 1 is 0.957 bits per heavy atom. The van der Waals surface area contributed by atoms with E-state index in [4.69, 9.17) is 23.8 Å². The Morgan fingerprint density at radius 3 is 2.36 bits per heavy atom. The number of rotatable bonds is 7. The molecule has 4 amide bonds. The number of likely N-dealkylation sites (tertiary alicyclic amines) is 2. The summed E-state index contributed by atoms with van der Waals surface area (Å²) in [6, 6.07) is 11.5. The largest absolute Gasteiger partial charge is 0.397 e. The number of fused-ring (bicyclic) bond motifs is 1. The molecule has 4 N–H and O–H groups in total. The summed E-state index contributed by atoms with van der Waals surface area (Å²) in [6.45, 7) is 5.36. The lowest BCUT2D eigenvalue weighted by Crippen LogP contribution is -2.50. The number of carbonyl (C=O) groups excluding carboxylic acids is 3. The molecule has 1 atom stereocenters. The van der Waals surface area contributed by atoms with Gasteiger partial charge in [-0.1, -0.05) is 35.7 Å². The van der Waals surface area contributed by atoms with E-state index in [1.165, 1.54) is 12.8 Å². The van der Waals surface area contributed by atoms with Crippen molar-refractivity contribution in [2.75, 3.05) is 56.9 Å². The lowest BCUT2D eigenvalue weighted by atomic mass is 9.79. The zero-order chi connectivity index (χ0) is 32.9. The quantitative estimate of drug-likeness (QED) is 0.293. The highest BCUT2D eigenvalue weighted by Gasteiger charge is 2.36. The van der Waals surface area contributed by atoms with Crippen molar-refractivity contribution in [3.63, 3.8) is 0 Å². The van der Waals surface area contributed by atoms with Gasteiger partial charge in [-0.2, -0.15) is 0 Å². The van der Waals surface area contributed by atoms with E-state index < -0.39 is 5.92 Å². The summed E-state index contributed by atoms with van der Waals surface area (Å²) in [4.78, 5) is 46.8. The maximum absolute atomic E-state index is 14.1. The minimum Gasteiger partial charge on any atom is -0.397 e. The molecule has 0 aliphatic carbocycles. The van der Waals surface area contributed by atoms with Gasteiger partial charge in [-0.15, -0.1) is 6.42 Å². The van der Waals surface area contributed by atoms with E-state index in [1.807, 2.05) is 39.0 Å². The minimum atomic E-state index is -0.532. The Balaban J connectivity index is 1.10. The molecule has 3 fully saturated rings. The van der Waals surface area contributed by atoms with Crippen molar-refractivity contribution in [2.24, 2.45) is 17.8 Å². The number of benzene rings is 2. The highest BCUT2D eigenvalue weighted by molar-refractivity contribution is 6.33. The van der Waals surface area contributed by atoms with Crippen LogP contribution in [0.1, 0.15) is 61.6 Å². The summed E-state index contributed by atoms with van der Waals surface area (Å²) < 4.78 is 0. The van der Waals surface area contributed by atoms with Crippen LogP contribution in [0.15, 0.2) is 36.4 Å². The van der Waals surface area contributed by atoms with Crippen LogP contribution in [0.2, 0.25) is 5.02 Å². The van der Waals surface area contributed by atoms with E-state index in [-0.39, 0.29) is 30.3 Å². The van der Waals surface area contributed by atoms with Crippen LogP contribution in [-0.4, -0.2) is 84.4 Å². The van der Waals surface area contributed by atoms with Gasteiger partial charge in [-0.25, -0.2) is 4.79 Å². The molecule has 6 rings (SSSR count).